The van der Waals surface area contributed by atoms with Crippen molar-refractivity contribution in [3.63, 3.8) is 0 Å². The van der Waals surface area contributed by atoms with E-state index in [1.165, 1.54) is 37.9 Å². The molecule has 0 heterocycles. The molecule has 4 aromatic rings. The number of rotatable bonds is 5. The van der Waals surface area contributed by atoms with E-state index in [1.807, 2.05) is 0 Å². The molecule has 0 aliphatic rings. The topological polar surface area (TPSA) is 52.0 Å². The van der Waals surface area contributed by atoms with E-state index in [1.54, 1.807) is 0 Å². The normalized spacial score (nSPS) is 12.8. The zero-order chi connectivity index (χ0) is 15.8. The van der Waals surface area contributed by atoms with Crippen molar-refractivity contribution in [1.82, 2.24) is 0 Å². The third-order valence-electron chi connectivity index (χ3n) is 4.93. The van der Waals surface area contributed by atoms with Gasteiger partial charge in [0.25, 0.3) is 0 Å². The Morgan fingerprint density at radius 3 is 2.08 bits per heavy atom. The van der Waals surface area contributed by atoms with Crippen molar-refractivity contribution in [1.29, 1.82) is 0 Å². The van der Waals surface area contributed by atoms with Crippen LogP contribution in [0.3, 0.4) is 0 Å². The van der Waals surface area contributed by atoms with Gasteiger partial charge in [-0.2, -0.15) is 0 Å². The summed E-state index contributed by atoms with van der Waals surface area (Å²) in [5, 5.41) is 7.91. The van der Waals surface area contributed by atoms with E-state index in [2.05, 4.69) is 54.6 Å². The lowest BCUT2D eigenvalue weighted by atomic mass is 9.89. The van der Waals surface area contributed by atoms with Gasteiger partial charge in [-0.1, -0.05) is 61.0 Å². The molecule has 4 N–H and O–H groups in total. The summed E-state index contributed by atoms with van der Waals surface area (Å²) in [6, 6.07) is 19.9. The molecular formula is C21H23ClN2. The third-order valence-corrected chi connectivity index (χ3v) is 4.93. The quantitative estimate of drug-likeness (QED) is 0.391. The van der Waals surface area contributed by atoms with E-state index in [0.717, 1.165) is 25.8 Å². The van der Waals surface area contributed by atoms with Crippen LogP contribution < -0.4 is 11.5 Å². The fraction of sp³-hybridized carbons (Fsp3) is 0.238. The van der Waals surface area contributed by atoms with Crippen LogP contribution in [-0.2, 0) is 0 Å². The molecule has 0 saturated carbocycles. The summed E-state index contributed by atoms with van der Waals surface area (Å²) in [7, 11) is 0. The maximum absolute atomic E-state index is 6.49. The van der Waals surface area contributed by atoms with Gasteiger partial charge in [-0.15, -0.1) is 12.4 Å². The van der Waals surface area contributed by atoms with Crippen molar-refractivity contribution in [3.8, 4) is 0 Å². The van der Waals surface area contributed by atoms with E-state index in [4.69, 9.17) is 11.5 Å². The molecule has 0 aliphatic heterocycles. The molecule has 0 spiro atoms. The zero-order valence-electron chi connectivity index (χ0n) is 13.7. The molecule has 0 saturated heterocycles. The van der Waals surface area contributed by atoms with Crippen molar-refractivity contribution in [2.45, 2.75) is 25.3 Å². The maximum Gasteiger partial charge on any atom is 0.0301 e. The number of hydrogen-bond acceptors (Lipinski definition) is 2. The highest BCUT2D eigenvalue weighted by Gasteiger charge is 2.14. The first-order chi connectivity index (χ1) is 11.3. The number of hydrogen-bond donors (Lipinski definition) is 2. The van der Waals surface area contributed by atoms with E-state index >= 15 is 0 Å². The van der Waals surface area contributed by atoms with Crippen LogP contribution in [0.1, 0.15) is 30.9 Å². The SMILES string of the molecule is Cl.NCCCC[C@H](N)c1ccc2ccc3cccc4ccc1c2c34. The zero-order valence-corrected chi connectivity index (χ0v) is 14.5. The van der Waals surface area contributed by atoms with Gasteiger partial charge in [0.1, 0.15) is 0 Å². The maximum atomic E-state index is 6.49. The average molecular weight is 339 g/mol. The second kappa shape index (κ2) is 6.94. The van der Waals surface area contributed by atoms with Gasteiger partial charge in [0.15, 0.2) is 0 Å². The first kappa shape index (κ1) is 17.0. The lowest BCUT2D eigenvalue weighted by Gasteiger charge is -2.18. The Morgan fingerprint density at radius 2 is 1.38 bits per heavy atom. The minimum atomic E-state index is 0. The van der Waals surface area contributed by atoms with Crippen LogP contribution in [0, 0.1) is 0 Å². The van der Waals surface area contributed by atoms with Crippen LogP contribution in [-0.4, -0.2) is 6.54 Å². The molecule has 24 heavy (non-hydrogen) atoms. The highest BCUT2D eigenvalue weighted by atomic mass is 35.5. The Hall–Kier alpha value is -1.87. The lowest BCUT2D eigenvalue weighted by molar-refractivity contribution is 0.594. The molecule has 2 nitrogen and oxygen atoms in total. The van der Waals surface area contributed by atoms with Crippen molar-refractivity contribution in [2.75, 3.05) is 6.54 Å². The summed E-state index contributed by atoms with van der Waals surface area (Å²) < 4.78 is 0. The average Bonchev–Trinajstić information content (AvgIpc) is 2.59. The second-order valence-electron chi connectivity index (χ2n) is 6.40. The van der Waals surface area contributed by atoms with Crippen LogP contribution in [0.5, 0.6) is 0 Å². The lowest BCUT2D eigenvalue weighted by Crippen LogP contribution is -2.11. The first-order valence-electron chi connectivity index (χ1n) is 8.41. The Balaban J connectivity index is 0.00000169. The van der Waals surface area contributed by atoms with Crippen LogP contribution >= 0.6 is 12.4 Å². The van der Waals surface area contributed by atoms with Gasteiger partial charge in [-0.05, 0) is 57.3 Å². The van der Waals surface area contributed by atoms with Crippen molar-refractivity contribution in [3.05, 3.63) is 60.2 Å². The minimum absolute atomic E-state index is 0. The van der Waals surface area contributed by atoms with E-state index < -0.39 is 0 Å². The van der Waals surface area contributed by atoms with Crippen LogP contribution in [0.15, 0.2) is 54.6 Å². The molecule has 0 bridgehead atoms. The van der Waals surface area contributed by atoms with E-state index in [-0.39, 0.29) is 18.4 Å². The number of unbranched alkanes of at least 4 members (excludes halogenated alkanes) is 1. The van der Waals surface area contributed by atoms with Gasteiger partial charge in [0, 0.05) is 6.04 Å². The van der Waals surface area contributed by atoms with Gasteiger partial charge < -0.3 is 11.5 Å². The fourth-order valence-electron chi connectivity index (χ4n) is 3.75. The summed E-state index contributed by atoms with van der Waals surface area (Å²) >= 11 is 0. The molecule has 0 amide bonds. The monoisotopic (exact) mass is 338 g/mol. The number of nitrogens with two attached hydrogens (primary N) is 2. The van der Waals surface area contributed by atoms with Gasteiger partial charge in [-0.3, -0.25) is 0 Å². The summed E-state index contributed by atoms with van der Waals surface area (Å²) in [5.41, 5.74) is 13.4. The van der Waals surface area contributed by atoms with Crippen LogP contribution in [0.4, 0.5) is 0 Å². The standard InChI is InChI=1S/C21H22N2.ClH/c22-13-2-1-6-19(23)17-11-9-16-8-7-14-4-3-5-15-10-12-18(17)21(16)20(14)15;/h3-5,7-12,19H,1-2,6,13,22-23H2;1H/t19-;/m0./s1. The third kappa shape index (κ3) is 2.71. The Labute approximate surface area is 148 Å². The van der Waals surface area contributed by atoms with Gasteiger partial charge >= 0.3 is 0 Å². The molecule has 0 fully saturated rings. The van der Waals surface area contributed by atoms with Crippen LogP contribution in [0.25, 0.3) is 32.3 Å². The molecule has 0 aliphatic carbocycles. The fourth-order valence-corrected chi connectivity index (χ4v) is 3.75. The minimum Gasteiger partial charge on any atom is -0.330 e. The summed E-state index contributed by atoms with van der Waals surface area (Å²) in [6.45, 7) is 0.741. The smallest absolute Gasteiger partial charge is 0.0301 e. The van der Waals surface area contributed by atoms with E-state index in [9.17, 15) is 0 Å². The molecule has 124 valence electrons. The van der Waals surface area contributed by atoms with Gasteiger partial charge in [0.05, 0.1) is 0 Å². The summed E-state index contributed by atoms with van der Waals surface area (Å²) in [6.07, 6.45) is 3.11. The molecule has 4 rings (SSSR count). The molecule has 4 aromatic carbocycles. The molecule has 0 radical (unpaired) electrons. The van der Waals surface area contributed by atoms with Crippen molar-refractivity contribution < 1.29 is 0 Å². The molecule has 3 heteroatoms. The van der Waals surface area contributed by atoms with Crippen molar-refractivity contribution >= 4 is 44.7 Å². The largest absolute Gasteiger partial charge is 0.330 e. The highest BCUT2D eigenvalue weighted by Crippen LogP contribution is 2.37. The summed E-state index contributed by atoms with van der Waals surface area (Å²) in [5.74, 6) is 0. The molecule has 1 atom stereocenters. The number of halogens is 1. The second-order valence-corrected chi connectivity index (χ2v) is 6.40. The first-order valence-corrected chi connectivity index (χ1v) is 8.41. The van der Waals surface area contributed by atoms with E-state index in [0.29, 0.717) is 0 Å². The predicted octanol–water partition coefficient (Wildman–Crippen LogP) is 5.13. The molecule has 0 aromatic heterocycles. The summed E-state index contributed by atoms with van der Waals surface area (Å²) in [4.78, 5) is 0. The Bertz CT molecular complexity index is 948. The Morgan fingerprint density at radius 1 is 0.750 bits per heavy atom. The van der Waals surface area contributed by atoms with Gasteiger partial charge in [0.2, 0.25) is 0 Å². The van der Waals surface area contributed by atoms with Crippen molar-refractivity contribution in [2.24, 2.45) is 11.5 Å². The van der Waals surface area contributed by atoms with Gasteiger partial charge in [-0.25, -0.2) is 0 Å². The van der Waals surface area contributed by atoms with Crippen LogP contribution in [0.2, 0.25) is 0 Å². The molecular weight excluding hydrogens is 316 g/mol. The molecule has 0 unspecified atom stereocenters. The predicted molar refractivity (Wildman–Crippen MR) is 107 cm³/mol. The highest BCUT2D eigenvalue weighted by molar-refractivity contribution is 6.23. The number of benzene rings is 4. The Kier molecular flexibility index (Phi) is 4.91.